The number of imidazole rings is 1. The lowest BCUT2D eigenvalue weighted by molar-refractivity contribution is 0.304. The third-order valence-corrected chi connectivity index (χ3v) is 3.93. The molecule has 0 N–H and O–H groups in total. The van der Waals surface area contributed by atoms with E-state index in [2.05, 4.69) is 35.1 Å². The van der Waals surface area contributed by atoms with E-state index in [-0.39, 0.29) is 0 Å². The van der Waals surface area contributed by atoms with Gasteiger partial charge in [0.1, 0.15) is 11.2 Å². The average molecular weight is 300 g/mol. The highest BCUT2D eigenvalue weighted by Crippen LogP contribution is 2.19. The van der Waals surface area contributed by atoms with Crippen molar-refractivity contribution in [2.24, 2.45) is 7.05 Å². The number of anilines is 2. The molecule has 0 atom stereocenters. The van der Waals surface area contributed by atoms with Gasteiger partial charge in [0.05, 0.1) is 12.5 Å². The summed E-state index contributed by atoms with van der Waals surface area (Å²) in [4.78, 5) is 17.6. The molecule has 0 aliphatic carbocycles. The van der Waals surface area contributed by atoms with Gasteiger partial charge in [0.15, 0.2) is 11.5 Å². The summed E-state index contributed by atoms with van der Waals surface area (Å²) in [5.74, 6) is 1.56. The van der Waals surface area contributed by atoms with Crippen molar-refractivity contribution in [3.63, 3.8) is 0 Å². The Morgan fingerprint density at radius 1 is 1.05 bits per heavy atom. The maximum atomic E-state index is 4.77. The Labute approximate surface area is 126 Å². The van der Waals surface area contributed by atoms with Crippen molar-refractivity contribution in [2.75, 3.05) is 36.0 Å². The maximum absolute atomic E-state index is 4.77. The number of fused-ring (bicyclic) bond motifs is 1. The zero-order valence-electron chi connectivity index (χ0n) is 12.5. The SMILES string of the molecule is Cc1nonc1N1CCN(c2ncc3ncn(C)c3n2)CC1. The van der Waals surface area contributed by atoms with Crippen LogP contribution in [0.1, 0.15) is 5.69 Å². The number of nitrogens with zero attached hydrogens (tertiary/aromatic N) is 8. The minimum atomic E-state index is 0.741. The number of hydrogen-bond acceptors (Lipinski definition) is 8. The molecule has 0 amide bonds. The van der Waals surface area contributed by atoms with Crippen LogP contribution in [0.15, 0.2) is 17.2 Å². The third-order valence-electron chi connectivity index (χ3n) is 3.93. The van der Waals surface area contributed by atoms with Gasteiger partial charge in [-0.05, 0) is 12.1 Å². The molecule has 1 fully saturated rings. The number of piperazine rings is 1. The van der Waals surface area contributed by atoms with Gasteiger partial charge in [-0.15, -0.1) is 0 Å². The van der Waals surface area contributed by atoms with Gasteiger partial charge in [-0.2, -0.15) is 4.98 Å². The predicted octanol–water partition coefficient (Wildman–Crippen LogP) is 0.381. The van der Waals surface area contributed by atoms with E-state index in [0.29, 0.717) is 0 Å². The van der Waals surface area contributed by atoms with Crippen molar-refractivity contribution in [2.45, 2.75) is 6.92 Å². The third kappa shape index (κ3) is 2.05. The molecule has 4 rings (SSSR count). The molecule has 9 heteroatoms. The lowest BCUT2D eigenvalue weighted by atomic mass is 10.3. The summed E-state index contributed by atoms with van der Waals surface area (Å²) >= 11 is 0. The molecular weight excluding hydrogens is 284 g/mol. The Balaban J connectivity index is 1.52. The van der Waals surface area contributed by atoms with Gasteiger partial charge in [-0.25, -0.2) is 14.6 Å². The Morgan fingerprint density at radius 3 is 2.55 bits per heavy atom. The largest absolute Gasteiger partial charge is 0.349 e. The minimum Gasteiger partial charge on any atom is -0.349 e. The first-order valence-corrected chi connectivity index (χ1v) is 7.15. The zero-order valence-corrected chi connectivity index (χ0v) is 12.5. The molecule has 1 aliphatic rings. The van der Waals surface area contributed by atoms with Crippen molar-refractivity contribution in [3.05, 3.63) is 18.2 Å². The normalized spacial score (nSPS) is 15.7. The molecule has 0 saturated carbocycles. The van der Waals surface area contributed by atoms with Crippen LogP contribution in [0.25, 0.3) is 11.2 Å². The Morgan fingerprint density at radius 2 is 1.82 bits per heavy atom. The molecule has 0 bridgehead atoms. The van der Waals surface area contributed by atoms with E-state index in [1.165, 1.54) is 0 Å². The van der Waals surface area contributed by atoms with Crippen molar-refractivity contribution in [3.8, 4) is 0 Å². The number of aryl methyl sites for hydroxylation is 2. The Bertz CT molecular complexity index is 801. The van der Waals surface area contributed by atoms with Gasteiger partial charge in [-0.3, -0.25) is 0 Å². The molecule has 0 spiro atoms. The van der Waals surface area contributed by atoms with E-state index in [0.717, 1.165) is 54.8 Å². The van der Waals surface area contributed by atoms with E-state index in [4.69, 9.17) is 4.63 Å². The fraction of sp³-hybridized carbons (Fsp3) is 0.462. The summed E-state index contributed by atoms with van der Waals surface area (Å²) < 4.78 is 6.68. The maximum Gasteiger partial charge on any atom is 0.227 e. The van der Waals surface area contributed by atoms with Crippen LogP contribution < -0.4 is 9.80 Å². The second-order valence-corrected chi connectivity index (χ2v) is 5.38. The Kier molecular flexibility index (Phi) is 2.91. The molecule has 3 aromatic heterocycles. The van der Waals surface area contributed by atoms with Crippen molar-refractivity contribution < 1.29 is 4.63 Å². The molecular formula is C13H16N8O. The summed E-state index contributed by atoms with van der Waals surface area (Å²) in [6.07, 6.45) is 3.52. The second-order valence-electron chi connectivity index (χ2n) is 5.38. The highest BCUT2D eigenvalue weighted by atomic mass is 16.6. The van der Waals surface area contributed by atoms with Gasteiger partial charge in [0.25, 0.3) is 0 Å². The van der Waals surface area contributed by atoms with Crippen LogP contribution in [-0.4, -0.2) is 56.0 Å². The standard InChI is InChI=1S/C13H16N8O/c1-9-11(18-22-17-9)20-3-5-21(6-4-20)13-14-7-10-12(16-13)19(2)8-15-10/h7-8H,3-6H2,1-2H3. The van der Waals surface area contributed by atoms with Crippen molar-refractivity contribution in [1.82, 2.24) is 29.8 Å². The van der Waals surface area contributed by atoms with Gasteiger partial charge in [0, 0.05) is 33.2 Å². The second kappa shape index (κ2) is 4.93. The number of rotatable bonds is 2. The molecule has 1 saturated heterocycles. The predicted molar refractivity (Wildman–Crippen MR) is 79.8 cm³/mol. The first-order valence-electron chi connectivity index (χ1n) is 7.15. The number of hydrogen-bond donors (Lipinski definition) is 0. The monoisotopic (exact) mass is 300 g/mol. The topological polar surface area (TPSA) is 89.0 Å². The molecule has 0 radical (unpaired) electrons. The summed E-state index contributed by atoms with van der Waals surface area (Å²) in [6, 6.07) is 0. The van der Waals surface area contributed by atoms with Crippen LogP contribution in [0.4, 0.5) is 11.8 Å². The summed E-state index contributed by atoms with van der Waals surface area (Å²) in [5, 5.41) is 7.79. The van der Waals surface area contributed by atoms with E-state index < -0.39 is 0 Å². The first kappa shape index (κ1) is 13.0. The molecule has 3 aromatic rings. The van der Waals surface area contributed by atoms with Gasteiger partial charge in [0.2, 0.25) is 5.95 Å². The van der Waals surface area contributed by atoms with Crippen molar-refractivity contribution >= 4 is 22.9 Å². The van der Waals surface area contributed by atoms with E-state index in [1.807, 2.05) is 18.5 Å². The van der Waals surface area contributed by atoms with Crippen LogP contribution in [-0.2, 0) is 7.05 Å². The highest BCUT2D eigenvalue weighted by Gasteiger charge is 2.23. The summed E-state index contributed by atoms with van der Waals surface area (Å²) in [5.41, 5.74) is 2.49. The lowest BCUT2D eigenvalue weighted by Crippen LogP contribution is -2.47. The van der Waals surface area contributed by atoms with E-state index >= 15 is 0 Å². The minimum absolute atomic E-state index is 0.741. The van der Waals surface area contributed by atoms with Crippen LogP contribution in [0.5, 0.6) is 0 Å². The van der Waals surface area contributed by atoms with Crippen LogP contribution in [0, 0.1) is 6.92 Å². The van der Waals surface area contributed by atoms with Crippen LogP contribution in [0.3, 0.4) is 0 Å². The quantitative estimate of drug-likeness (QED) is 0.671. The van der Waals surface area contributed by atoms with Crippen molar-refractivity contribution in [1.29, 1.82) is 0 Å². The number of aromatic nitrogens is 6. The molecule has 22 heavy (non-hydrogen) atoms. The fourth-order valence-electron chi connectivity index (χ4n) is 2.70. The average Bonchev–Trinajstić information content (AvgIpc) is 3.14. The van der Waals surface area contributed by atoms with Gasteiger partial charge < -0.3 is 14.4 Å². The zero-order chi connectivity index (χ0) is 15.1. The fourth-order valence-corrected chi connectivity index (χ4v) is 2.70. The molecule has 0 unspecified atom stereocenters. The molecule has 0 aromatic carbocycles. The van der Waals surface area contributed by atoms with Crippen LogP contribution >= 0.6 is 0 Å². The Hall–Kier alpha value is -2.71. The molecule has 1 aliphatic heterocycles. The molecule has 9 nitrogen and oxygen atoms in total. The highest BCUT2D eigenvalue weighted by molar-refractivity contribution is 5.70. The molecule has 4 heterocycles. The van der Waals surface area contributed by atoms with E-state index in [9.17, 15) is 0 Å². The lowest BCUT2D eigenvalue weighted by Gasteiger charge is -2.34. The smallest absolute Gasteiger partial charge is 0.227 e. The summed E-state index contributed by atoms with van der Waals surface area (Å²) in [6.45, 7) is 5.23. The first-order chi connectivity index (χ1) is 10.7. The van der Waals surface area contributed by atoms with Gasteiger partial charge >= 0.3 is 0 Å². The summed E-state index contributed by atoms with van der Waals surface area (Å²) in [7, 11) is 1.93. The van der Waals surface area contributed by atoms with E-state index in [1.54, 1.807) is 12.5 Å². The molecule has 114 valence electrons. The van der Waals surface area contributed by atoms with Crippen LogP contribution in [0.2, 0.25) is 0 Å². The van der Waals surface area contributed by atoms with Gasteiger partial charge in [-0.1, -0.05) is 5.16 Å².